The lowest BCUT2D eigenvalue weighted by atomic mass is 10.5. The summed E-state index contributed by atoms with van der Waals surface area (Å²) in [4.78, 5) is 13.9. The summed E-state index contributed by atoms with van der Waals surface area (Å²) in [5, 5.41) is 10.4. The number of hydrogen-bond donors (Lipinski definition) is 0. The Balaban J connectivity index is 3.34. The van der Waals surface area contributed by atoms with Gasteiger partial charge in [0.2, 0.25) is 0 Å². The zero-order chi connectivity index (χ0) is 8.59. The summed E-state index contributed by atoms with van der Waals surface area (Å²) in [5.74, 6) is 0.0643. The second-order valence-electron chi connectivity index (χ2n) is 2.11. The van der Waals surface area contributed by atoms with Crippen LogP contribution in [0.1, 0.15) is 5.69 Å². The molecule has 0 N–H and O–H groups in total. The van der Waals surface area contributed by atoms with Crippen LogP contribution in [0.2, 0.25) is 0 Å². The first-order chi connectivity index (χ1) is 5.04. The van der Waals surface area contributed by atoms with E-state index in [9.17, 15) is 10.1 Å². The Morgan fingerprint density at radius 1 is 1.73 bits per heavy atom. The summed E-state index contributed by atoms with van der Waals surface area (Å²) in [6.07, 6.45) is 0. The minimum absolute atomic E-state index is 0.0643. The molecule has 0 unspecified atom stereocenters. The summed E-state index contributed by atoms with van der Waals surface area (Å²) in [5.41, 5.74) is 0.460. The largest absolute Gasteiger partial charge is 0.358 e. The number of hydrogen-bond acceptors (Lipinski definition) is 3. The van der Waals surface area contributed by atoms with Gasteiger partial charge in [-0.25, -0.2) is 9.55 Å². The molecule has 1 aromatic rings. The van der Waals surface area contributed by atoms with Crippen molar-refractivity contribution in [1.82, 2.24) is 9.55 Å². The Morgan fingerprint density at radius 3 is 2.45 bits per heavy atom. The summed E-state index contributed by atoms with van der Waals surface area (Å²) in [6, 6.07) is 0. The van der Waals surface area contributed by atoms with Gasteiger partial charge in [-0.05, 0) is 11.8 Å². The molecule has 11 heavy (non-hydrogen) atoms. The third-order valence-corrected chi connectivity index (χ3v) is 2.32. The van der Waals surface area contributed by atoms with Crippen LogP contribution in [-0.4, -0.2) is 14.5 Å². The van der Waals surface area contributed by atoms with Crippen LogP contribution in [0.4, 0.5) is 5.82 Å². The highest BCUT2D eigenvalue weighted by molar-refractivity contribution is 14.1. The highest BCUT2D eigenvalue weighted by Crippen LogP contribution is 2.18. The van der Waals surface area contributed by atoms with E-state index < -0.39 is 4.92 Å². The van der Waals surface area contributed by atoms with E-state index in [0.717, 1.165) is 0 Å². The Hall–Kier alpha value is -0.660. The number of imidazole rings is 1. The van der Waals surface area contributed by atoms with E-state index in [0.29, 0.717) is 9.53 Å². The molecule has 0 fully saturated rings. The predicted molar refractivity (Wildman–Crippen MR) is 47.3 cm³/mol. The van der Waals surface area contributed by atoms with Crippen molar-refractivity contribution in [2.75, 3.05) is 0 Å². The molecule has 0 spiro atoms. The van der Waals surface area contributed by atoms with Gasteiger partial charge >= 0.3 is 5.82 Å². The van der Waals surface area contributed by atoms with Crippen LogP contribution in [0.25, 0.3) is 0 Å². The quantitative estimate of drug-likeness (QED) is 0.437. The maximum atomic E-state index is 10.4. The van der Waals surface area contributed by atoms with E-state index >= 15 is 0 Å². The van der Waals surface area contributed by atoms with Crippen molar-refractivity contribution in [3.63, 3.8) is 0 Å². The number of halogens is 1. The van der Waals surface area contributed by atoms with Crippen molar-refractivity contribution >= 4 is 28.4 Å². The van der Waals surface area contributed by atoms with Crippen molar-refractivity contribution < 1.29 is 4.92 Å². The van der Waals surface area contributed by atoms with Gasteiger partial charge in [-0.1, -0.05) is 0 Å². The van der Waals surface area contributed by atoms with Crippen LogP contribution in [-0.2, 0) is 7.05 Å². The third kappa shape index (κ3) is 1.35. The molecule has 1 heterocycles. The first-order valence-corrected chi connectivity index (χ1v) is 3.95. The van der Waals surface area contributed by atoms with Gasteiger partial charge in [-0.15, -0.1) is 0 Å². The average molecular weight is 267 g/mol. The van der Waals surface area contributed by atoms with Crippen molar-refractivity contribution in [3.8, 4) is 0 Å². The van der Waals surface area contributed by atoms with Gasteiger partial charge in [0.1, 0.15) is 5.69 Å². The molecule has 0 atom stereocenters. The molecule has 0 bridgehead atoms. The SMILES string of the molecule is Cc1nc(I)n(C)c1[N+](=O)[O-]. The van der Waals surface area contributed by atoms with Gasteiger partial charge in [-0.2, -0.15) is 0 Å². The number of nitro groups is 1. The van der Waals surface area contributed by atoms with Crippen molar-refractivity contribution in [2.24, 2.45) is 7.05 Å². The molecular formula is C5H6IN3O2. The Morgan fingerprint density at radius 2 is 2.27 bits per heavy atom. The van der Waals surface area contributed by atoms with Gasteiger partial charge in [-0.3, -0.25) is 0 Å². The van der Waals surface area contributed by atoms with Crippen LogP contribution in [0.5, 0.6) is 0 Å². The van der Waals surface area contributed by atoms with Crippen molar-refractivity contribution in [2.45, 2.75) is 6.92 Å². The van der Waals surface area contributed by atoms with E-state index in [-0.39, 0.29) is 5.82 Å². The zero-order valence-electron chi connectivity index (χ0n) is 6.04. The Kier molecular flexibility index (Phi) is 2.12. The fraction of sp³-hybridized carbons (Fsp3) is 0.400. The summed E-state index contributed by atoms with van der Waals surface area (Å²) >= 11 is 1.95. The molecule has 6 heteroatoms. The molecule has 0 aliphatic carbocycles. The molecule has 1 aromatic heterocycles. The molecular weight excluding hydrogens is 261 g/mol. The molecule has 1 rings (SSSR count). The molecule has 60 valence electrons. The van der Waals surface area contributed by atoms with E-state index in [2.05, 4.69) is 4.98 Å². The maximum Gasteiger partial charge on any atom is 0.346 e. The van der Waals surface area contributed by atoms with Gasteiger partial charge in [0.05, 0.1) is 7.05 Å². The van der Waals surface area contributed by atoms with E-state index in [1.807, 2.05) is 22.6 Å². The summed E-state index contributed by atoms with van der Waals surface area (Å²) in [7, 11) is 1.62. The summed E-state index contributed by atoms with van der Waals surface area (Å²) < 4.78 is 2.09. The smallest absolute Gasteiger partial charge is 0.346 e. The summed E-state index contributed by atoms with van der Waals surface area (Å²) in [6.45, 7) is 1.63. The molecule has 0 amide bonds. The first-order valence-electron chi connectivity index (χ1n) is 2.87. The Labute approximate surface area is 76.7 Å². The van der Waals surface area contributed by atoms with Crippen LogP contribution in [0, 0.1) is 20.9 Å². The average Bonchev–Trinajstić information content (AvgIpc) is 2.07. The second kappa shape index (κ2) is 2.76. The van der Waals surface area contributed by atoms with E-state index in [4.69, 9.17) is 0 Å². The van der Waals surface area contributed by atoms with Gasteiger partial charge in [0.25, 0.3) is 3.83 Å². The number of aryl methyl sites for hydroxylation is 1. The lowest BCUT2D eigenvalue weighted by molar-refractivity contribution is -0.392. The lowest BCUT2D eigenvalue weighted by Gasteiger charge is -1.93. The van der Waals surface area contributed by atoms with Crippen LogP contribution >= 0.6 is 22.6 Å². The van der Waals surface area contributed by atoms with Crippen molar-refractivity contribution in [1.29, 1.82) is 0 Å². The standard InChI is InChI=1S/C5H6IN3O2/c1-3-4(9(10)11)8(2)5(6)7-3/h1-2H3. The second-order valence-corrected chi connectivity index (χ2v) is 3.07. The fourth-order valence-corrected chi connectivity index (χ4v) is 1.44. The molecule has 0 aliphatic heterocycles. The van der Waals surface area contributed by atoms with Gasteiger partial charge in [0.15, 0.2) is 0 Å². The fourth-order valence-electron chi connectivity index (χ4n) is 0.848. The van der Waals surface area contributed by atoms with Gasteiger partial charge < -0.3 is 10.1 Å². The molecule has 0 saturated heterocycles. The molecule has 0 aliphatic rings. The van der Waals surface area contributed by atoms with Gasteiger partial charge in [0, 0.05) is 22.6 Å². The highest BCUT2D eigenvalue weighted by Gasteiger charge is 2.19. The highest BCUT2D eigenvalue weighted by atomic mass is 127. The predicted octanol–water partition coefficient (Wildman–Crippen LogP) is 1.24. The number of aromatic nitrogens is 2. The monoisotopic (exact) mass is 267 g/mol. The minimum atomic E-state index is -0.426. The maximum absolute atomic E-state index is 10.4. The lowest BCUT2D eigenvalue weighted by Crippen LogP contribution is -1.99. The number of nitrogens with zero attached hydrogens (tertiary/aromatic N) is 3. The molecule has 0 radical (unpaired) electrons. The van der Waals surface area contributed by atoms with E-state index in [1.54, 1.807) is 14.0 Å². The number of rotatable bonds is 1. The Bertz CT molecular complexity index is 307. The normalized spacial score (nSPS) is 10.1. The zero-order valence-corrected chi connectivity index (χ0v) is 8.19. The van der Waals surface area contributed by atoms with Crippen LogP contribution < -0.4 is 0 Å². The molecule has 5 nitrogen and oxygen atoms in total. The first kappa shape index (κ1) is 8.44. The van der Waals surface area contributed by atoms with Crippen LogP contribution in [0.3, 0.4) is 0 Å². The van der Waals surface area contributed by atoms with Crippen LogP contribution in [0.15, 0.2) is 0 Å². The topological polar surface area (TPSA) is 61.0 Å². The third-order valence-electron chi connectivity index (χ3n) is 1.35. The van der Waals surface area contributed by atoms with E-state index in [1.165, 1.54) is 4.57 Å². The van der Waals surface area contributed by atoms with Crippen molar-refractivity contribution in [3.05, 3.63) is 19.6 Å². The minimum Gasteiger partial charge on any atom is -0.358 e. The molecule has 0 aromatic carbocycles. The molecule has 0 saturated carbocycles.